The molecule has 0 aliphatic heterocycles. The van der Waals surface area contributed by atoms with Crippen LogP contribution in [0.4, 0.5) is 5.82 Å². The molecule has 4 heteroatoms. The fraction of sp³-hybridized carbons (Fsp3) is 0.0625. The van der Waals surface area contributed by atoms with E-state index in [-0.39, 0.29) is 0 Å². The van der Waals surface area contributed by atoms with Crippen molar-refractivity contribution in [2.24, 2.45) is 0 Å². The van der Waals surface area contributed by atoms with Gasteiger partial charge in [0.1, 0.15) is 5.82 Å². The summed E-state index contributed by atoms with van der Waals surface area (Å²) in [7, 11) is 0. The molecule has 2 heterocycles. The summed E-state index contributed by atoms with van der Waals surface area (Å²) >= 11 is 0. The summed E-state index contributed by atoms with van der Waals surface area (Å²) in [6.45, 7) is 0. The first-order valence-electron chi connectivity index (χ1n) is 6.39. The van der Waals surface area contributed by atoms with Crippen LogP contribution in [0.1, 0.15) is 11.3 Å². The molecule has 0 saturated carbocycles. The molecule has 0 unspecified atom stereocenters. The molecule has 2 aromatic heterocycles. The molecule has 0 aliphatic carbocycles. The normalized spacial score (nSPS) is 10.4. The van der Waals surface area contributed by atoms with Gasteiger partial charge >= 0.3 is 0 Å². The summed E-state index contributed by atoms with van der Waals surface area (Å²) in [5.74, 6) is 1.14. The molecular formula is C16H14N4. The molecular weight excluding hydrogens is 248 g/mol. The molecule has 2 N–H and O–H groups in total. The Morgan fingerprint density at radius 1 is 0.950 bits per heavy atom. The van der Waals surface area contributed by atoms with Crippen molar-refractivity contribution in [2.75, 3.05) is 5.73 Å². The highest BCUT2D eigenvalue weighted by Crippen LogP contribution is 2.17. The standard InChI is InChI=1S/C16H14N4/c17-15-10-14(9-12-5-4-8-18-11-12)19-16(20-15)13-6-2-1-3-7-13/h1-8,10-11H,9H2,(H2,17,19,20). The average Bonchev–Trinajstić information content (AvgIpc) is 2.49. The zero-order valence-corrected chi connectivity index (χ0v) is 10.9. The van der Waals surface area contributed by atoms with Gasteiger partial charge in [-0.3, -0.25) is 4.98 Å². The predicted molar refractivity (Wildman–Crippen MR) is 78.9 cm³/mol. The van der Waals surface area contributed by atoms with Crippen LogP contribution in [0.25, 0.3) is 11.4 Å². The van der Waals surface area contributed by atoms with Gasteiger partial charge in [-0.2, -0.15) is 0 Å². The van der Waals surface area contributed by atoms with Crippen LogP contribution in [0.15, 0.2) is 60.9 Å². The Hall–Kier alpha value is -2.75. The van der Waals surface area contributed by atoms with Gasteiger partial charge in [-0.1, -0.05) is 36.4 Å². The van der Waals surface area contributed by atoms with Gasteiger partial charge in [-0.15, -0.1) is 0 Å². The Labute approximate surface area is 117 Å². The van der Waals surface area contributed by atoms with Gasteiger partial charge < -0.3 is 5.73 Å². The number of hydrogen-bond donors (Lipinski definition) is 1. The lowest BCUT2D eigenvalue weighted by molar-refractivity contribution is 1.03. The Morgan fingerprint density at radius 3 is 2.55 bits per heavy atom. The average molecular weight is 262 g/mol. The predicted octanol–water partition coefficient (Wildman–Crippen LogP) is 2.71. The number of nitrogens with zero attached hydrogens (tertiary/aromatic N) is 3. The van der Waals surface area contributed by atoms with E-state index in [2.05, 4.69) is 15.0 Å². The molecule has 0 radical (unpaired) electrons. The van der Waals surface area contributed by atoms with E-state index in [0.717, 1.165) is 16.8 Å². The van der Waals surface area contributed by atoms with Gasteiger partial charge in [0.15, 0.2) is 5.82 Å². The topological polar surface area (TPSA) is 64.7 Å². The Balaban J connectivity index is 1.95. The summed E-state index contributed by atoms with van der Waals surface area (Å²) in [6, 6.07) is 15.6. The van der Waals surface area contributed by atoms with Crippen molar-refractivity contribution in [1.82, 2.24) is 15.0 Å². The largest absolute Gasteiger partial charge is 0.384 e. The fourth-order valence-corrected chi connectivity index (χ4v) is 2.04. The molecule has 3 aromatic rings. The van der Waals surface area contributed by atoms with E-state index in [1.165, 1.54) is 0 Å². The monoisotopic (exact) mass is 262 g/mol. The molecule has 0 saturated heterocycles. The third-order valence-corrected chi connectivity index (χ3v) is 2.94. The zero-order valence-electron chi connectivity index (χ0n) is 10.9. The lowest BCUT2D eigenvalue weighted by atomic mass is 10.1. The fourth-order valence-electron chi connectivity index (χ4n) is 2.04. The Morgan fingerprint density at radius 2 is 1.80 bits per heavy atom. The Kier molecular flexibility index (Phi) is 3.37. The van der Waals surface area contributed by atoms with Crippen LogP contribution in [0, 0.1) is 0 Å². The van der Waals surface area contributed by atoms with Crippen LogP contribution in [0.5, 0.6) is 0 Å². The van der Waals surface area contributed by atoms with Crippen molar-refractivity contribution in [3.8, 4) is 11.4 Å². The van der Waals surface area contributed by atoms with Gasteiger partial charge in [-0.25, -0.2) is 9.97 Å². The smallest absolute Gasteiger partial charge is 0.161 e. The van der Waals surface area contributed by atoms with E-state index in [4.69, 9.17) is 5.73 Å². The first-order chi connectivity index (χ1) is 9.81. The molecule has 3 rings (SSSR count). The minimum atomic E-state index is 0.484. The number of rotatable bonds is 3. The third kappa shape index (κ3) is 2.80. The number of benzene rings is 1. The molecule has 98 valence electrons. The maximum Gasteiger partial charge on any atom is 0.161 e. The number of nitrogen functional groups attached to an aromatic ring is 1. The van der Waals surface area contributed by atoms with E-state index in [9.17, 15) is 0 Å². The van der Waals surface area contributed by atoms with Crippen LogP contribution in [0.2, 0.25) is 0 Å². The molecule has 0 aliphatic rings. The van der Waals surface area contributed by atoms with Crippen LogP contribution in [-0.2, 0) is 6.42 Å². The molecule has 0 atom stereocenters. The van der Waals surface area contributed by atoms with Crippen LogP contribution in [-0.4, -0.2) is 15.0 Å². The van der Waals surface area contributed by atoms with Gasteiger partial charge in [0, 0.05) is 30.4 Å². The van der Waals surface area contributed by atoms with Crippen molar-refractivity contribution < 1.29 is 0 Å². The second-order valence-electron chi connectivity index (χ2n) is 4.51. The van der Waals surface area contributed by atoms with Crippen molar-refractivity contribution in [3.05, 3.63) is 72.2 Å². The van der Waals surface area contributed by atoms with E-state index in [0.29, 0.717) is 18.1 Å². The second kappa shape index (κ2) is 5.48. The van der Waals surface area contributed by atoms with Crippen molar-refractivity contribution >= 4 is 5.82 Å². The molecule has 1 aromatic carbocycles. The highest BCUT2D eigenvalue weighted by molar-refractivity contribution is 5.56. The first-order valence-corrected chi connectivity index (χ1v) is 6.39. The number of pyridine rings is 1. The van der Waals surface area contributed by atoms with Crippen LogP contribution in [0.3, 0.4) is 0 Å². The van der Waals surface area contributed by atoms with E-state index in [1.807, 2.05) is 48.7 Å². The number of aromatic nitrogens is 3. The highest BCUT2D eigenvalue weighted by atomic mass is 14.9. The summed E-state index contributed by atoms with van der Waals surface area (Å²) in [4.78, 5) is 13.0. The van der Waals surface area contributed by atoms with Gasteiger partial charge in [-0.05, 0) is 11.6 Å². The van der Waals surface area contributed by atoms with Gasteiger partial charge in [0.25, 0.3) is 0 Å². The van der Waals surface area contributed by atoms with Crippen molar-refractivity contribution in [3.63, 3.8) is 0 Å². The van der Waals surface area contributed by atoms with Crippen molar-refractivity contribution in [2.45, 2.75) is 6.42 Å². The van der Waals surface area contributed by atoms with Gasteiger partial charge in [0.2, 0.25) is 0 Å². The summed E-state index contributed by atoms with van der Waals surface area (Å²) in [5.41, 5.74) is 8.84. The lowest BCUT2D eigenvalue weighted by Crippen LogP contribution is -2.01. The molecule has 4 nitrogen and oxygen atoms in total. The molecule has 0 bridgehead atoms. The molecule has 20 heavy (non-hydrogen) atoms. The number of anilines is 1. The van der Waals surface area contributed by atoms with Crippen molar-refractivity contribution in [1.29, 1.82) is 0 Å². The first kappa shape index (κ1) is 12.3. The van der Waals surface area contributed by atoms with E-state index in [1.54, 1.807) is 12.3 Å². The lowest BCUT2D eigenvalue weighted by Gasteiger charge is -2.06. The minimum Gasteiger partial charge on any atom is -0.384 e. The second-order valence-corrected chi connectivity index (χ2v) is 4.51. The quantitative estimate of drug-likeness (QED) is 0.788. The maximum absolute atomic E-state index is 5.88. The number of nitrogens with two attached hydrogens (primary N) is 1. The third-order valence-electron chi connectivity index (χ3n) is 2.94. The summed E-state index contributed by atoms with van der Waals surface area (Å²) < 4.78 is 0. The SMILES string of the molecule is Nc1cc(Cc2cccnc2)nc(-c2ccccc2)n1. The Bertz CT molecular complexity index is 696. The van der Waals surface area contributed by atoms with Crippen LogP contribution < -0.4 is 5.73 Å². The minimum absolute atomic E-state index is 0.484. The van der Waals surface area contributed by atoms with E-state index < -0.39 is 0 Å². The zero-order chi connectivity index (χ0) is 13.8. The van der Waals surface area contributed by atoms with Gasteiger partial charge in [0.05, 0.1) is 5.69 Å². The molecule has 0 spiro atoms. The summed E-state index contributed by atoms with van der Waals surface area (Å²) in [5, 5.41) is 0. The molecule has 0 amide bonds. The summed E-state index contributed by atoms with van der Waals surface area (Å²) in [6.07, 6.45) is 4.29. The van der Waals surface area contributed by atoms with Crippen LogP contribution >= 0.6 is 0 Å². The molecule has 0 fully saturated rings. The number of hydrogen-bond acceptors (Lipinski definition) is 4. The maximum atomic E-state index is 5.88. The van der Waals surface area contributed by atoms with E-state index >= 15 is 0 Å². The highest BCUT2D eigenvalue weighted by Gasteiger charge is 2.06.